The third kappa shape index (κ3) is 5.60. The number of pyridine rings is 1. The molecule has 1 saturated heterocycles. The van der Waals surface area contributed by atoms with Gasteiger partial charge in [-0.1, -0.05) is 24.3 Å². The largest absolute Gasteiger partial charge is 0.465 e. The first-order valence-corrected chi connectivity index (χ1v) is 13.5. The average molecular weight is 554 g/mol. The van der Waals surface area contributed by atoms with E-state index in [9.17, 15) is 9.59 Å². The molecule has 0 unspecified atom stereocenters. The molecule has 5 rings (SSSR count). The summed E-state index contributed by atoms with van der Waals surface area (Å²) in [5.41, 5.74) is 5.97. The first kappa shape index (κ1) is 27.1. The Labute approximate surface area is 239 Å². The van der Waals surface area contributed by atoms with Crippen LogP contribution in [0.15, 0.2) is 85.2 Å². The Morgan fingerprint density at radius 3 is 2.67 bits per heavy atom. The molecule has 40 heavy (non-hydrogen) atoms. The minimum atomic E-state index is -0.401. The standard InChI is InChI=1S/C31H31N5O3S/c1-20-12-13-21(2)25(18-20)33-27(37)14-17-36-29(28(34-31(36)40)24-10-4-5-15-32-24)26-11-7-16-35(26)23-9-6-8-22(19-23)30(38)39-3/h4-13,15-16,18-19,28-29H,14,17H2,1-3H3,(H,33,37)(H,34,40)/t28-,29-/m0/s1. The Kier molecular flexibility index (Phi) is 7.93. The number of hydrogen-bond acceptors (Lipinski definition) is 5. The molecule has 0 aliphatic carbocycles. The quantitative estimate of drug-likeness (QED) is 0.227. The highest BCUT2D eigenvalue weighted by atomic mass is 32.1. The van der Waals surface area contributed by atoms with Crippen LogP contribution in [0.3, 0.4) is 0 Å². The van der Waals surface area contributed by atoms with E-state index in [4.69, 9.17) is 17.0 Å². The zero-order valence-electron chi connectivity index (χ0n) is 22.6. The van der Waals surface area contributed by atoms with E-state index >= 15 is 0 Å². The lowest BCUT2D eigenvalue weighted by atomic mass is 10.0. The van der Waals surface area contributed by atoms with Crippen molar-refractivity contribution in [3.8, 4) is 5.69 Å². The Bertz CT molecular complexity index is 1550. The molecule has 2 aromatic carbocycles. The molecule has 4 aromatic rings. The lowest BCUT2D eigenvalue weighted by Crippen LogP contribution is -2.33. The van der Waals surface area contributed by atoms with Gasteiger partial charge in [0.05, 0.1) is 30.5 Å². The minimum Gasteiger partial charge on any atom is -0.465 e. The number of benzene rings is 2. The molecular weight excluding hydrogens is 522 g/mol. The number of anilines is 1. The molecule has 0 saturated carbocycles. The van der Waals surface area contributed by atoms with E-state index < -0.39 is 5.97 Å². The molecule has 1 aliphatic heterocycles. The van der Waals surface area contributed by atoms with Crippen molar-refractivity contribution in [2.24, 2.45) is 0 Å². The lowest BCUT2D eigenvalue weighted by Gasteiger charge is -2.29. The summed E-state index contributed by atoms with van der Waals surface area (Å²) in [6.07, 6.45) is 3.96. The number of carbonyl (C=O) groups excluding carboxylic acids is 2. The SMILES string of the molecule is COC(=O)c1cccc(-n2cccc2[C@H]2[C@H](c3ccccn3)NC(=S)N2CCC(=O)Nc2cc(C)ccc2C)c1. The maximum absolute atomic E-state index is 13.0. The summed E-state index contributed by atoms with van der Waals surface area (Å²) in [5, 5.41) is 7.05. The first-order valence-electron chi connectivity index (χ1n) is 13.1. The van der Waals surface area contributed by atoms with Crippen LogP contribution in [-0.4, -0.2) is 45.1 Å². The predicted octanol–water partition coefficient (Wildman–Crippen LogP) is 5.28. The zero-order valence-corrected chi connectivity index (χ0v) is 23.4. The second kappa shape index (κ2) is 11.7. The Morgan fingerprint density at radius 2 is 1.90 bits per heavy atom. The molecule has 8 nitrogen and oxygen atoms in total. The van der Waals surface area contributed by atoms with E-state index in [0.717, 1.165) is 33.9 Å². The van der Waals surface area contributed by atoms with Crippen molar-refractivity contribution in [2.45, 2.75) is 32.4 Å². The number of aromatic nitrogens is 2. The smallest absolute Gasteiger partial charge is 0.337 e. The van der Waals surface area contributed by atoms with E-state index in [0.29, 0.717) is 17.2 Å². The monoisotopic (exact) mass is 553 g/mol. The Morgan fingerprint density at radius 1 is 1.05 bits per heavy atom. The van der Waals surface area contributed by atoms with Crippen LogP contribution in [0.2, 0.25) is 0 Å². The van der Waals surface area contributed by atoms with Crippen LogP contribution in [0.25, 0.3) is 5.69 Å². The number of amides is 1. The van der Waals surface area contributed by atoms with Gasteiger partial charge in [-0.25, -0.2) is 4.79 Å². The van der Waals surface area contributed by atoms with Crippen LogP contribution in [-0.2, 0) is 9.53 Å². The molecular formula is C31H31N5O3S. The minimum absolute atomic E-state index is 0.0855. The molecule has 2 aromatic heterocycles. The number of carbonyl (C=O) groups is 2. The molecule has 2 N–H and O–H groups in total. The number of nitrogens with zero attached hydrogens (tertiary/aromatic N) is 3. The number of hydrogen-bond donors (Lipinski definition) is 2. The summed E-state index contributed by atoms with van der Waals surface area (Å²) in [5.74, 6) is -0.486. The Hall–Kier alpha value is -4.50. The highest BCUT2D eigenvalue weighted by molar-refractivity contribution is 7.80. The number of nitrogens with one attached hydrogen (secondary N) is 2. The molecule has 1 fully saturated rings. The van der Waals surface area contributed by atoms with Gasteiger partial charge in [0.25, 0.3) is 0 Å². The Balaban J connectivity index is 1.46. The molecule has 3 heterocycles. The van der Waals surface area contributed by atoms with E-state index in [1.54, 1.807) is 18.3 Å². The molecule has 1 aliphatic rings. The van der Waals surface area contributed by atoms with Gasteiger partial charge in [0.15, 0.2) is 5.11 Å². The van der Waals surface area contributed by atoms with E-state index in [1.165, 1.54) is 7.11 Å². The van der Waals surface area contributed by atoms with E-state index in [-0.39, 0.29) is 24.4 Å². The highest BCUT2D eigenvalue weighted by Crippen LogP contribution is 2.39. The average Bonchev–Trinajstić information content (AvgIpc) is 3.58. The van der Waals surface area contributed by atoms with Crippen molar-refractivity contribution < 1.29 is 14.3 Å². The number of methoxy groups -OCH3 is 1. The second-order valence-electron chi connectivity index (χ2n) is 9.78. The maximum Gasteiger partial charge on any atom is 0.337 e. The van der Waals surface area contributed by atoms with E-state index in [1.807, 2.05) is 90.2 Å². The summed E-state index contributed by atoms with van der Waals surface area (Å²) >= 11 is 5.80. The number of rotatable bonds is 8. The first-order chi connectivity index (χ1) is 19.4. The van der Waals surface area contributed by atoms with Crippen LogP contribution in [0.5, 0.6) is 0 Å². The van der Waals surface area contributed by atoms with Gasteiger partial charge in [-0.15, -0.1) is 0 Å². The third-order valence-corrected chi connectivity index (χ3v) is 7.43. The van der Waals surface area contributed by atoms with Crippen molar-refractivity contribution in [1.29, 1.82) is 0 Å². The van der Waals surface area contributed by atoms with Crippen LogP contribution < -0.4 is 10.6 Å². The van der Waals surface area contributed by atoms with Gasteiger partial charge in [-0.05, 0) is 85.7 Å². The van der Waals surface area contributed by atoms with Gasteiger partial charge >= 0.3 is 5.97 Å². The van der Waals surface area contributed by atoms with Crippen LogP contribution >= 0.6 is 12.2 Å². The van der Waals surface area contributed by atoms with Crippen molar-refractivity contribution in [3.05, 3.63) is 113 Å². The second-order valence-corrected chi connectivity index (χ2v) is 10.2. The fraction of sp³-hybridized carbons (Fsp3) is 0.226. The van der Waals surface area contributed by atoms with Crippen molar-refractivity contribution >= 4 is 34.9 Å². The third-order valence-electron chi connectivity index (χ3n) is 7.07. The summed E-state index contributed by atoms with van der Waals surface area (Å²) < 4.78 is 6.96. The number of esters is 1. The summed E-state index contributed by atoms with van der Waals surface area (Å²) in [6, 6.07) is 22.6. The molecule has 0 radical (unpaired) electrons. The predicted molar refractivity (Wildman–Crippen MR) is 158 cm³/mol. The van der Waals surface area contributed by atoms with Gasteiger partial charge in [-0.3, -0.25) is 9.78 Å². The van der Waals surface area contributed by atoms with Crippen molar-refractivity contribution in [1.82, 2.24) is 19.8 Å². The van der Waals surface area contributed by atoms with Crippen LogP contribution in [0, 0.1) is 13.8 Å². The fourth-order valence-corrected chi connectivity index (χ4v) is 5.38. The topological polar surface area (TPSA) is 88.5 Å². The van der Waals surface area contributed by atoms with E-state index in [2.05, 4.69) is 15.6 Å². The molecule has 9 heteroatoms. The summed E-state index contributed by atoms with van der Waals surface area (Å²) in [6.45, 7) is 4.39. The molecule has 0 bridgehead atoms. The number of aryl methyl sites for hydroxylation is 2. The van der Waals surface area contributed by atoms with Crippen LogP contribution in [0.1, 0.15) is 51.4 Å². The van der Waals surface area contributed by atoms with Gasteiger partial charge in [0.1, 0.15) is 0 Å². The summed E-state index contributed by atoms with van der Waals surface area (Å²) in [7, 11) is 1.37. The van der Waals surface area contributed by atoms with Crippen molar-refractivity contribution in [2.75, 3.05) is 19.0 Å². The van der Waals surface area contributed by atoms with Gasteiger partial charge in [0, 0.05) is 42.4 Å². The number of ether oxygens (including phenoxy) is 1. The van der Waals surface area contributed by atoms with Gasteiger partial charge in [0.2, 0.25) is 5.91 Å². The fourth-order valence-electron chi connectivity index (χ4n) is 5.04. The lowest BCUT2D eigenvalue weighted by molar-refractivity contribution is -0.116. The van der Waals surface area contributed by atoms with Crippen molar-refractivity contribution in [3.63, 3.8) is 0 Å². The normalized spacial score (nSPS) is 16.5. The van der Waals surface area contributed by atoms with Crippen LogP contribution in [0.4, 0.5) is 5.69 Å². The maximum atomic E-state index is 13.0. The summed E-state index contributed by atoms with van der Waals surface area (Å²) in [4.78, 5) is 31.9. The molecule has 204 valence electrons. The van der Waals surface area contributed by atoms with Gasteiger partial charge in [-0.2, -0.15) is 0 Å². The molecule has 0 spiro atoms. The zero-order chi connectivity index (χ0) is 28.2. The molecule has 2 atom stereocenters. The highest BCUT2D eigenvalue weighted by Gasteiger charge is 2.41. The molecule has 1 amide bonds. The van der Waals surface area contributed by atoms with Gasteiger partial charge < -0.3 is 24.8 Å². The number of thiocarbonyl (C=S) groups is 1.